The molecule has 9 aliphatic heterocycles. The number of hydrogen-bond donors (Lipinski definition) is 29. The van der Waals surface area contributed by atoms with E-state index in [9.17, 15) is 146 Å². The van der Waals surface area contributed by atoms with Gasteiger partial charge in [0, 0.05) is 41.5 Å². The Hall–Kier alpha value is -4.78. The third-order valence-corrected chi connectivity index (χ3v) is 21.2. The molecule has 9 heterocycles. The Bertz CT molecular complexity index is 3230. The van der Waals surface area contributed by atoms with Crippen LogP contribution in [0.5, 0.6) is 0 Å². The van der Waals surface area contributed by atoms with Crippen molar-refractivity contribution in [2.45, 2.75) is 318 Å². The van der Waals surface area contributed by atoms with E-state index in [4.69, 9.17) is 80.5 Å². The first-order valence-corrected chi connectivity index (χ1v) is 37.6. The molecule has 0 aromatic carbocycles. The molecule has 9 fully saturated rings. The quantitative estimate of drug-likeness (QED) is 0.0306. The van der Waals surface area contributed by atoms with Crippen molar-refractivity contribution in [3.63, 3.8) is 0 Å². The fourth-order valence-corrected chi connectivity index (χ4v) is 15.3. The zero-order valence-corrected chi connectivity index (χ0v) is 64.0. The Morgan fingerprint density at radius 1 is 0.220 bits per heavy atom. The van der Waals surface area contributed by atoms with Crippen molar-refractivity contribution in [2.75, 3.05) is 59.5 Å². The number of aliphatic hydroxyl groups excluding tert-OH is 23. The largest absolute Gasteiger partial charge is 0.394 e. The van der Waals surface area contributed by atoms with Gasteiger partial charge in [-0.15, -0.1) is 0 Å². The molecule has 45 atom stereocenters. The number of carbonyl (C=O) groups excluding carboxylic acids is 6. The predicted octanol–water partition coefficient (Wildman–Crippen LogP) is -19.8. The van der Waals surface area contributed by atoms with Gasteiger partial charge in [0.25, 0.3) is 0 Å². The van der Waals surface area contributed by atoms with Gasteiger partial charge >= 0.3 is 0 Å². The number of rotatable bonds is 31. The van der Waals surface area contributed by atoms with E-state index in [-0.39, 0.29) is 0 Å². The van der Waals surface area contributed by atoms with E-state index < -0.39 is 371 Å². The summed E-state index contributed by atoms with van der Waals surface area (Å²) in [6.07, 6.45) is -80.8. The van der Waals surface area contributed by atoms with Gasteiger partial charge in [0.1, 0.15) is 219 Å². The first kappa shape index (κ1) is 97.0. The molecule has 9 rings (SSSR count). The normalized spacial score (nSPS) is 46.9. The molecule has 0 bridgehead atoms. The molecule has 6 amide bonds. The van der Waals surface area contributed by atoms with Crippen molar-refractivity contribution in [1.82, 2.24) is 31.9 Å². The lowest BCUT2D eigenvalue weighted by Gasteiger charge is -2.51. The summed E-state index contributed by atoms with van der Waals surface area (Å²) in [6, 6.07) is -10.8. The van der Waals surface area contributed by atoms with Gasteiger partial charge in [-0.2, -0.15) is 0 Å². The summed E-state index contributed by atoms with van der Waals surface area (Å²) < 4.78 is 102. The van der Waals surface area contributed by atoms with E-state index >= 15 is 0 Å². The molecule has 0 radical (unpaired) electrons. The zero-order valence-electron chi connectivity index (χ0n) is 64.0. The van der Waals surface area contributed by atoms with Crippen LogP contribution in [0.15, 0.2) is 0 Å². The summed E-state index contributed by atoms with van der Waals surface area (Å²) in [5.41, 5.74) is 0. The molecule has 0 aliphatic carbocycles. The second kappa shape index (κ2) is 42.7. The monoisotopic (exact) mass is 1720 g/mol. The van der Waals surface area contributed by atoms with Crippen LogP contribution >= 0.6 is 0 Å². The lowest BCUT2D eigenvalue weighted by molar-refractivity contribution is -0.398. The van der Waals surface area contributed by atoms with Crippen molar-refractivity contribution >= 4 is 35.4 Å². The van der Waals surface area contributed by atoms with Crippen LogP contribution in [-0.2, 0) is 109 Å². The van der Waals surface area contributed by atoms with Crippen molar-refractivity contribution in [1.29, 1.82) is 0 Å². The highest BCUT2D eigenvalue weighted by Crippen LogP contribution is 2.40. The van der Waals surface area contributed by atoms with Gasteiger partial charge < -0.3 is 230 Å². The minimum absolute atomic E-state index is 0.792. The van der Waals surface area contributed by atoms with E-state index in [1.807, 2.05) is 0 Å². The van der Waals surface area contributed by atoms with E-state index in [0.29, 0.717) is 0 Å². The molecule has 9 aliphatic rings. The molecule has 52 heteroatoms. The highest BCUT2D eigenvalue weighted by Gasteiger charge is 2.61. The fraction of sp³-hybridized carbons (Fsp3) is 0.909. The number of nitrogens with one attached hydrogen (secondary N) is 6. The number of hydrogen-bond acceptors (Lipinski definition) is 46. The molecule has 680 valence electrons. The predicted molar refractivity (Wildman–Crippen MR) is 367 cm³/mol. The number of ether oxygens (including phenoxy) is 17. The molecule has 118 heavy (non-hydrogen) atoms. The molecule has 52 nitrogen and oxygen atoms in total. The SMILES string of the molecule is CC(=O)N[C@H]1[C@H](O[C@H]2[C@H](O)[C@@H](NC(C)=O)C(O)O[C@@H]2CO)O[C@H](CO)[C@@H](O[C@@H]2O[C@H](CO[C@H]3O[C@H](CO)[C@@H](O)[C@H](O)[C@@H]3O[C@@H]3O[C@H](CO)[C@@H](O[C@@H]4O[C@H](CO)[C@H](O)[C@H](O)[C@H]4NC(C)=O)[C@H](O)[C@H]3NC(C)=O)[C@@H](O)[C@H](O[C@H]3O[C@H](CO)[C@@H](O)[C@H](O)[C@@H]3O[C@@H]3O[C@H](CO)[C@@H](O[C@@H]4O[C@H](CO)[C@H](O)[C@H](O)[C@H]4NC(C)=O)[C@H](O)[C@H]3NC(C)=O)[C@@H]2O)[C@@H]1O. The second-order valence-corrected chi connectivity index (χ2v) is 29.6. The Balaban J connectivity index is 1.06. The molecular weight excluding hydrogens is 1610 g/mol. The summed E-state index contributed by atoms with van der Waals surface area (Å²) in [4.78, 5) is 76.0. The van der Waals surface area contributed by atoms with Gasteiger partial charge in [-0.05, 0) is 0 Å². The molecular formula is C66H110N6O46. The van der Waals surface area contributed by atoms with Crippen molar-refractivity contribution in [3.05, 3.63) is 0 Å². The highest BCUT2D eigenvalue weighted by atomic mass is 16.8. The van der Waals surface area contributed by atoms with Crippen LogP contribution in [-0.4, -0.2) is 488 Å². The first-order chi connectivity index (χ1) is 55.8. The lowest BCUT2D eigenvalue weighted by atomic mass is 9.93. The van der Waals surface area contributed by atoms with E-state index in [2.05, 4.69) is 31.9 Å². The average molecular weight is 1720 g/mol. The maximum absolute atomic E-state index is 13.1. The van der Waals surface area contributed by atoms with E-state index in [1.54, 1.807) is 0 Å². The van der Waals surface area contributed by atoms with Crippen LogP contribution < -0.4 is 31.9 Å². The summed E-state index contributed by atoms with van der Waals surface area (Å²) >= 11 is 0. The van der Waals surface area contributed by atoms with Gasteiger partial charge in [-0.1, -0.05) is 0 Å². The van der Waals surface area contributed by atoms with E-state index in [0.717, 1.165) is 41.5 Å². The smallest absolute Gasteiger partial charge is 0.217 e. The van der Waals surface area contributed by atoms with Crippen LogP contribution in [0.3, 0.4) is 0 Å². The average Bonchev–Trinajstić information content (AvgIpc) is 0.704. The van der Waals surface area contributed by atoms with Crippen LogP contribution in [0.1, 0.15) is 41.5 Å². The van der Waals surface area contributed by atoms with Crippen LogP contribution in [0, 0.1) is 0 Å². The third-order valence-electron chi connectivity index (χ3n) is 21.2. The number of aliphatic hydroxyl groups is 23. The second-order valence-electron chi connectivity index (χ2n) is 29.6. The molecule has 0 aromatic rings. The number of carbonyl (C=O) groups is 6. The summed E-state index contributed by atoms with van der Waals surface area (Å²) in [5.74, 6) is -5.25. The minimum Gasteiger partial charge on any atom is -0.394 e. The summed E-state index contributed by atoms with van der Waals surface area (Å²) in [7, 11) is 0. The molecule has 1 unspecified atom stereocenters. The summed E-state index contributed by atoms with van der Waals surface area (Å²) in [5, 5.41) is 273. The van der Waals surface area contributed by atoms with Crippen LogP contribution in [0.4, 0.5) is 0 Å². The topological polar surface area (TPSA) is 797 Å². The highest BCUT2D eigenvalue weighted by molar-refractivity contribution is 5.75. The van der Waals surface area contributed by atoms with E-state index in [1.165, 1.54) is 0 Å². The van der Waals surface area contributed by atoms with Crippen molar-refractivity contribution < 1.29 is 227 Å². The van der Waals surface area contributed by atoms with Crippen LogP contribution in [0.25, 0.3) is 0 Å². The maximum atomic E-state index is 13.1. The third kappa shape index (κ3) is 21.9. The summed E-state index contributed by atoms with van der Waals surface area (Å²) in [6.45, 7) is -4.04. The molecule has 9 saturated heterocycles. The van der Waals surface area contributed by atoms with Gasteiger partial charge in [0.05, 0.1) is 59.5 Å². The van der Waals surface area contributed by atoms with Crippen molar-refractivity contribution in [3.8, 4) is 0 Å². The van der Waals surface area contributed by atoms with Gasteiger partial charge in [-0.25, -0.2) is 0 Å². The lowest BCUT2D eigenvalue weighted by Crippen LogP contribution is -2.71. The zero-order chi connectivity index (χ0) is 87.1. The van der Waals surface area contributed by atoms with Crippen molar-refractivity contribution in [2.24, 2.45) is 0 Å². The van der Waals surface area contributed by atoms with Gasteiger partial charge in [0.2, 0.25) is 35.4 Å². The fourth-order valence-electron chi connectivity index (χ4n) is 15.3. The maximum Gasteiger partial charge on any atom is 0.217 e. The Morgan fingerprint density at radius 2 is 0.449 bits per heavy atom. The molecule has 0 spiro atoms. The first-order valence-electron chi connectivity index (χ1n) is 37.6. The Kier molecular flexibility index (Phi) is 35.1. The minimum atomic E-state index is -2.59. The Morgan fingerprint density at radius 3 is 0.771 bits per heavy atom. The standard InChI is InChI=1S/C66H110N6O46/c1-16(81)67-31-44(94)51(26(11-77)103-58(31)101)112-61-34(70-19(4)84)47(97)54(29(14-80)108-61)115-64-50(100)55(116-66-57(49(99)40(90)25(10-76)107-66)118-63-36(72-21(6)86)46(96)53(28(13-79)110-63)114-60-33(69-18(3)83)43(93)38(88)23(8-74)105-60)41(91)30(111-64)15-102-65-56(48(98)39(89)24(9-75)106-65)117-62-35(71-20(5)85)45(95)52(27(12-78)109-62)113-59-32(68-17(2)82)42(92)37(87)22(7-73)104-59/h22-66,73-80,87-101H,7-15H2,1-6H3,(H,67,81)(H,68,82)(H,69,83)(H,70,84)(H,71,85)(H,72,86)/t22-,23-,24-,25-,26-,27-,28-,29-,30-,31-,32-,33-,34-,35-,36-,37+,38+,39-,40-,41-,42-,43-,44-,45-,46-,47-,48+,49+,50+,51-,52-,53-,54-,55+,56+,57+,58?,59+,60+,61+,62+,63+,64+,65+,66-/m1/s1. The molecule has 29 N–H and O–H groups in total. The Labute approximate surface area is 669 Å². The molecule has 0 aromatic heterocycles. The van der Waals surface area contributed by atoms with Crippen LogP contribution in [0.2, 0.25) is 0 Å². The van der Waals surface area contributed by atoms with Gasteiger partial charge in [0.15, 0.2) is 56.6 Å². The number of amides is 6. The van der Waals surface area contributed by atoms with Gasteiger partial charge in [-0.3, -0.25) is 28.8 Å². The molecule has 0 saturated carbocycles.